The van der Waals surface area contributed by atoms with Gasteiger partial charge in [0.05, 0.1) is 18.5 Å². The highest BCUT2D eigenvalue weighted by Gasteiger charge is 2.59. The van der Waals surface area contributed by atoms with Crippen LogP contribution in [0.2, 0.25) is 0 Å². The Hall–Kier alpha value is -2.10. The summed E-state index contributed by atoms with van der Waals surface area (Å²) in [5, 5.41) is 3.26. The summed E-state index contributed by atoms with van der Waals surface area (Å²) in [6.45, 7) is 4.33. The SMILES string of the molecule is Cc1ccc(C)c(NCN2C(=O)[C@@H]3[C@@H](C2=O)[C@H]2C=C[C@H]3C2)c1. The van der Waals surface area contributed by atoms with Crippen LogP contribution in [0.1, 0.15) is 17.5 Å². The number of fused-ring (bicyclic) bond motifs is 5. The predicted molar refractivity (Wildman–Crippen MR) is 84.0 cm³/mol. The molecule has 4 heteroatoms. The molecular formula is C18H20N2O2. The molecular weight excluding hydrogens is 276 g/mol. The highest BCUT2D eigenvalue weighted by molar-refractivity contribution is 6.06. The second-order valence-corrected chi connectivity index (χ2v) is 6.76. The van der Waals surface area contributed by atoms with Gasteiger partial charge < -0.3 is 5.32 Å². The van der Waals surface area contributed by atoms with E-state index in [0.717, 1.165) is 23.2 Å². The zero-order valence-corrected chi connectivity index (χ0v) is 12.9. The summed E-state index contributed by atoms with van der Waals surface area (Å²) in [5.41, 5.74) is 3.26. The molecule has 0 unspecified atom stereocenters. The summed E-state index contributed by atoms with van der Waals surface area (Å²) in [4.78, 5) is 26.6. The molecule has 2 fully saturated rings. The number of amides is 2. The average Bonchev–Trinajstić information content (AvgIpc) is 3.16. The van der Waals surface area contributed by atoms with Crippen LogP contribution in [0.25, 0.3) is 0 Å². The van der Waals surface area contributed by atoms with E-state index in [9.17, 15) is 9.59 Å². The standard InChI is InChI=1S/C18H20N2O2/c1-10-3-4-11(2)14(7-10)19-9-20-17(21)15-12-5-6-13(8-12)16(15)18(20)22/h3-7,12-13,15-16,19H,8-9H2,1-2H3/t12-,13-,15-,16-/m0/s1. The average molecular weight is 296 g/mol. The lowest BCUT2D eigenvalue weighted by atomic mass is 9.85. The van der Waals surface area contributed by atoms with Crippen LogP contribution in [0.15, 0.2) is 30.4 Å². The van der Waals surface area contributed by atoms with Gasteiger partial charge in [0, 0.05) is 5.69 Å². The van der Waals surface area contributed by atoms with E-state index in [4.69, 9.17) is 0 Å². The molecule has 2 amide bonds. The van der Waals surface area contributed by atoms with Gasteiger partial charge in [-0.2, -0.15) is 0 Å². The highest BCUT2D eigenvalue weighted by atomic mass is 16.2. The van der Waals surface area contributed by atoms with Crippen LogP contribution in [-0.4, -0.2) is 23.4 Å². The lowest BCUT2D eigenvalue weighted by Crippen LogP contribution is -2.37. The van der Waals surface area contributed by atoms with Crippen molar-refractivity contribution in [3.05, 3.63) is 41.5 Å². The normalized spacial score (nSPS) is 32.0. The molecule has 0 aromatic heterocycles. The Bertz CT molecular complexity index is 664. The van der Waals surface area contributed by atoms with Crippen LogP contribution < -0.4 is 5.32 Å². The van der Waals surface area contributed by atoms with Crippen molar-refractivity contribution >= 4 is 17.5 Å². The summed E-state index contributed by atoms with van der Waals surface area (Å²) < 4.78 is 0. The number of benzene rings is 1. The molecule has 4 atom stereocenters. The second-order valence-electron chi connectivity index (χ2n) is 6.76. The molecule has 1 saturated carbocycles. The van der Waals surface area contributed by atoms with Gasteiger partial charge in [-0.25, -0.2) is 0 Å². The fourth-order valence-electron chi connectivity index (χ4n) is 4.21. The molecule has 1 aromatic carbocycles. The number of imide groups is 1. The van der Waals surface area contributed by atoms with Gasteiger partial charge in [0.2, 0.25) is 11.8 Å². The maximum absolute atomic E-state index is 12.6. The van der Waals surface area contributed by atoms with Crippen molar-refractivity contribution in [1.82, 2.24) is 4.90 Å². The van der Waals surface area contributed by atoms with E-state index in [1.807, 2.05) is 26.0 Å². The number of carbonyl (C=O) groups is 2. The second kappa shape index (κ2) is 4.70. The Kier molecular flexibility index (Phi) is 2.90. The van der Waals surface area contributed by atoms with Crippen LogP contribution in [0.4, 0.5) is 5.69 Å². The molecule has 1 N–H and O–H groups in total. The van der Waals surface area contributed by atoms with Crippen LogP contribution in [0.3, 0.4) is 0 Å². The number of nitrogens with zero attached hydrogens (tertiary/aromatic N) is 1. The Morgan fingerprint density at radius 2 is 1.73 bits per heavy atom. The molecule has 1 saturated heterocycles. The molecule has 2 bridgehead atoms. The molecule has 22 heavy (non-hydrogen) atoms. The van der Waals surface area contributed by atoms with E-state index in [-0.39, 0.29) is 42.2 Å². The van der Waals surface area contributed by atoms with Crippen molar-refractivity contribution < 1.29 is 9.59 Å². The van der Waals surface area contributed by atoms with Crippen molar-refractivity contribution in [2.75, 3.05) is 12.0 Å². The highest BCUT2D eigenvalue weighted by Crippen LogP contribution is 2.52. The smallest absolute Gasteiger partial charge is 0.235 e. The van der Waals surface area contributed by atoms with Crippen LogP contribution in [0.5, 0.6) is 0 Å². The van der Waals surface area contributed by atoms with Crippen molar-refractivity contribution in [2.24, 2.45) is 23.7 Å². The first-order chi connectivity index (χ1) is 10.6. The van der Waals surface area contributed by atoms with Crippen molar-refractivity contribution in [1.29, 1.82) is 0 Å². The first-order valence-electron chi connectivity index (χ1n) is 7.91. The lowest BCUT2D eigenvalue weighted by molar-refractivity contribution is -0.140. The molecule has 1 heterocycles. The molecule has 3 aliphatic rings. The number of anilines is 1. The van der Waals surface area contributed by atoms with E-state index in [0.29, 0.717) is 0 Å². The quantitative estimate of drug-likeness (QED) is 0.688. The molecule has 2 aliphatic carbocycles. The number of likely N-dealkylation sites (tertiary alicyclic amines) is 1. The van der Waals surface area contributed by atoms with E-state index in [1.165, 1.54) is 4.90 Å². The minimum Gasteiger partial charge on any atom is -0.367 e. The summed E-state index contributed by atoms with van der Waals surface area (Å²) in [6.07, 6.45) is 5.22. The van der Waals surface area contributed by atoms with Crippen LogP contribution >= 0.6 is 0 Å². The van der Waals surface area contributed by atoms with Gasteiger partial charge in [-0.05, 0) is 49.3 Å². The fraction of sp³-hybridized carbons (Fsp3) is 0.444. The Labute approximate surface area is 130 Å². The molecule has 1 aromatic rings. The number of nitrogens with one attached hydrogen (secondary N) is 1. The third-order valence-electron chi connectivity index (χ3n) is 5.38. The van der Waals surface area contributed by atoms with Crippen LogP contribution in [0, 0.1) is 37.5 Å². The summed E-state index contributed by atoms with van der Waals surface area (Å²) in [7, 11) is 0. The number of aryl methyl sites for hydroxylation is 2. The van der Waals surface area contributed by atoms with Crippen molar-refractivity contribution in [2.45, 2.75) is 20.3 Å². The molecule has 0 radical (unpaired) electrons. The van der Waals surface area contributed by atoms with Gasteiger partial charge in [0.15, 0.2) is 0 Å². The van der Waals surface area contributed by atoms with Gasteiger partial charge in [0.1, 0.15) is 0 Å². The topological polar surface area (TPSA) is 49.4 Å². The van der Waals surface area contributed by atoms with Crippen molar-refractivity contribution in [3.63, 3.8) is 0 Å². The first-order valence-corrected chi connectivity index (χ1v) is 7.91. The monoisotopic (exact) mass is 296 g/mol. The zero-order valence-electron chi connectivity index (χ0n) is 12.9. The van der Waals surface area contributed by atoms with E-state index >= 15 is 0 Å². The predicted octanol–water partition coefficient (Wildman–Crippen LogP) is 2.48. The van der Waals surface area contributed by atoms with Crippen molar-refractivity contribution in [3.8, 4) is 0 Å². The Morgan fingerprint density at radius 3 is 2.36 bits per heavy atom. The maximum Gasteiger partial charge on any atom is 0.235 e. The Morgan fingerprint density at radius 1 is 1.09 bits per heavy atom. The van der Waals surface area contributed by atoms with Crippen LogP contribution in [-0.2, 0) is 9.59 Å². The number of hydrogen-bond acceptors (Lipinski definition) is 3. The maximum atomic E-state index is 12.6. The third-order valence-corrected chi connectivity index (χ3v) is 5.38. The number of carbonyl (C=O) groups excluding carboxylic acids is 2. The van der Waals surface area contributed by atoms with E-state index < -0.39 is 0 Å². The summed E-state index contributed by atoms with van der Waals surface area (Å²) in [6, 6.07) is 6.15. The Balaban J connectivity index is 1.51. The molecule has 0 spiro atoms. The first kappa shape index (κ1) is 13.6. The summed E-state index contributed by atoms with van der Waals surface area (Å²) in [5.74, 6) is 0.342. The fourth-order valence-corrected chi connectivity index (χ4v) is 4.21. The molecule has 4 nitrogen and oxygen atoms in total. The largest absolute Gasteiger partial charge is 0.367 e. The summed E-state index contributed by atoms with van der Waals surface area (Å²) >= 11 is 0. The van der Waals surface area contributed by atoms with Gasteiger partial charge in [-0.15, -0.1) is 0 Å². The van der Waals surface area contributed by atoms with E-state index in [1.54, 1.807) is 0 Å². The molecule has 1 aliphatic heterocycles. The lowest BCUT2D eigenvalue weighted by Gasteiger charge is -2.19. The molecule has 4 rings (SSSR count). The van der Waals surface area contributed by atoms with E-state index in [2.05, 4.69) is 23.5 Å². The van der Waals surface area contributed by atoms with Gasteiger partial charge >= 0.3 is 0 Å². The van der Waals surface area contributed by atoms with Gasteiger partial charge in [0.25, 0.3) is 0 Å². The minimum absolute atomic E-state index is 0.00431. The third kappa shape index (κ3) is 1.83. The zero-order chi connectivity index (χ0) is 15.4. The number of hydrogen-bond donors (Lipinski definition) is 1. The van der Waals surface area contributed by atoms with Gasteiger partial charge in [-0.1, -0.05) is 24.3 Å². The number of rotatable bonds is 3. The van der Waals surface area contributed by atoms with Gasteiger partial charge in [-0.3, -0.25) is 14.5 Å². The number of allylic oxidation sites excluding steroid dienone is 2. The minimum atomic E-state index is -0.108. The molecule has 114 valence electrons.